The summed E-state index contributed by atoms with van der Waals surface area (Å²) in [6, 6.07) is 36.6. The van der Waals surface area contributed by atoms with E-state index in [1.54, 1.807) is 24.3 Å². The normalized spacial score (nSPS) is 16.1. The van der Waals surface area contributed by atoms with Crippen molar-refractivity contribution in [1.29, 1.82) is 5.26 Å². The Morgan fingerprint density at radius 3 is 1.88 bits per heavy atom. The molecule has 1 aliphatic heterocycles. The van der Waals surface area contributed by atoms with Crippen molar-refractivity contribution in [2.75, 3.05) is 11.9 Å². The molecule has 6 nitrogen and oxygen atoms in total. The third-order valence-electron chi connectivity index (χ3n) is 7.38. The second-order valence-corrected chi connectivity index (χ2v) is 10.0. The van der Waals surface area contributed by atoms with Crippen LogP contribution in [-0.2, 0) is 9.59 Å². The van der Waals surface area contributed by atoms with Crippen molar-refractivity contribution in [3.05, 3.63) is 138 Å². The lowest BCUT2D eigenvalue weighted by atomic mass is 9.84. The van der Waals surface area contributed by atoms with Crippen molar-refractivity contribution in [3.63, 3.8) is 0 Å². The minimum atomic E-state index is -0.858. The first-order valence-electron chi connectivity index (χ1n) is 13.6. The molecule has 1 saturated heterocycles. The summed E-state index contributed by atoms with van der Waals surface area (Å²) in [5, 5.41) is 19.1. The van der Waals surface area contributed by atoms with Gasteiger partial charge in [0.15, 0.2) is 5.78 Å². The summed E-state index contributed by atoms with van der Waals surface area (Å²) in [4.78, 5) is 28.1. The van der Waals surface area contributed by atoms with Crippen LogP contribution in [0.25, 0.3) is 0 Å². The van der Waals surface area contributed by atoms with Crippen LogP contribution in [0.1, 0.15) is 47.1 Å². The molecule has 1 unspecified atom stereocenters. The Morgan fingerprint density at radius 1 is 0.775 bits per heavy atom. The third kappa shape index (κ3) is 6.28. The van der Waals surface area contributed by atoms with Crippen molar-refractivity contribution in [2.45, 2.75) is 36.9 Å². The molecule has 0 bridgehead atoms. The fourth-order valence-electron chi connectivity index (χ4n) is 5.34. The molecule has 5 rings (SSSR count). The van der Waals surface area contributed by atoms with Gasteiger partial charge in [-0.3, -0.25) is 9.59 Å². The van der Waals surface area contributed by atoms with E-state index in [0.29, 0.717) is 11.1 Å². The zero-order valence-corrected chi connectivity index (χ0v) is 22.2. The van der Waals surface area contributed by atoms with Gasteiger partial charge in [0.25, 0.3) is 0 Å². The highest BCUT2D eigenvalue weighted by Gasteiger charge is 2.36. The van der Waals surface area contributed by atoms with Crippen LogP contribution in [-0.4, -0.2) is 30.3 Å². The first kappa shape index (κ1) is 26.9. The molecular formula is C34H32N4O2. The minimum absolute atomic E-state index is 0.0787. The van der Waals surface area contributed by atoms with Gasteiger partial charge in [0, 0.05) is 11.6 Å². The summed E-state index contributed by atoms with van der Waals surface area (Å²) in [7, 11) is 0. The number of nitrogens with zero attached hydrogens (tertiary/aromatic N) is 1. The molecular weight excluding hydrogens is 496 g/mol. The summed E-state index contributed by atoms with van der Waals surface area (Å²) < 4.78 is 0. The van der Waals surface area contributed by atoms with Crippen LogP contribution in [0.3, 0.4) is 0 Å². The van der Waals surface area contributed by atoms with E-state index in [-0.39, 0.29) is 23.7 Å². The molecule has 3 N–H and O–H groups in total. The van der Waals surface area contributed by atoms with Crippen LogP contribution in [0.5, 0.6) is 0 Å². The Labute approximate surface area is 235 Å². The number of hydrogen-bond donors (Lipinski definition) is 3. The average molecular weight is 529 g/mol. The zero-order valence-electron chi connectivity index (χ0n) is 22.2. The van der Waals surface area contributed by atoms with Crippen LogP contribution in [0, 0.1) is 11.3 Å². The van der Waals surface area contributed by atoms with Gasteiger partial charge in [0.2, 0.25) is 5.91 Å². The maximum absolute atomic E-state index is 14.4. The van der Waals surface area contributed by atoms with Crippen molar-refractivity contribution in [1.82, 2.24) is 10.6 Å². The zero-order chi connectivity index (χ0) is 27.7. The molecule has 0 saturated carbocycles. The summed E-state index contributed by atoms with van der Waals surface area (Å²) in [5.74, 6) is -0.698. The average Bonchev–Trinajstić information content (AvgIpc) is 3.56. The van der Waals surface area contributed by atoms with E-state index in [1.165, 1.54) is 0 Å². The van der Waals surface area contributed by atoms with Gasteiger partial charge in [0.05, 0.1) is 17.7 Å². The first-order chi connectivity index (χ1) is 19.6. The monoisotopic (exact) mass is 528 g/mol. The van der Waals surface area contributed by atoms with E-state index in [4.69, 9.17) is 0 Å². The van der Waals surface area contributed by atoms with Gasteiger partial charge in [0.1, 0.15) is 12.1 Å². The number of para-hydroxylation sites is 1. The second-order valence-electron chi connectivity index (χ2n) is 10.0. The predicted octanol–water partition coefficient (Wildman–Crippen LogP) is 5.35. The van der Waals surface area contributed by atoms with Gasteiger partial charge in [-0.2, -0.15) is 5.26 Å². The lowest BCUT2D eigenvalue weighted by molar-refractivity contribution is -0.129. The van der Waals surface area contributed by atoms with Crippen LogP contribution in [0.2, 0.25) is 0 Å². The number of benzene rings is 4. The predicted molar refractivity (Wildman–Crippen MR) is 157 cm³/mol. The topological polar surface area (TPSA) is 94.0 Å². The number of carbonyl (C=O) groups is 2. The quantitative estimate of drug-likeness (QED) is 0.258. The SMILES string of the molecule is N#Cc1ccc(C(NC(=O)[C@H](Nc2ccccc2)C(c2ccccc2)c2ccccc2)C(=O)[C@@H]2CCCN2)cc1. The van der Waals surface area contributed by atoms with Crippen LogP contribution >= 0.6 is 0 Å². The second kappa shape index (κ2) is 12.9. The molecule has 6 heteroatoms. The molecule has 1 fully saturated rings. The van der Waals surface area contributed by atoms with E-state index >= 15 is 0 Å². The van der Waals surface area contributed by atoms with Gasteiger partial charge < -0.3 is 16.0 Å². The van der Waals surface area contributed by atoms with Gasteiger partial charge >= 0.3 is 0 Å². The smallest absolute Gasteiger partial charge is 0.244 e. The first-order valence-corrected chi connectivity index (χ1v) is 13.6. The molecule has 1 amide bonds. The Bertz CT molecular complexity index is 1410. The number of amides is 1. The molecule has 4 aromatic rings. The van der Waals surface area contributed by atoms with Gasteiger partial charge in [-0.15, -0.1) is 0 Å². The molecule has 1 aliphatic rings. The van der Waals surface area contributed by atoms with E-state index in [1.807, 2.05) is 91.0 Å². The number of ketones is 1. The number of hydrogen-bond acceptors (Lipinski definition) is 5. The van der Waals surface area contributed by atoms with Gasteiger partial charge in [-0.05, 0) is 60.3 Å². The van der Waals surface area contributed by atoms with Crippen molar-refractivity contribution in [2.24, 2.45) is 0 Å². The van der Waals surface area contributed by atoms with Crippen molar-refractivity contribution >= 4 is 17.4 Å². The highest BCUT2D eigenvalue weighted by atomic mass is 16.2. The van der Waals surface area contributed by atoms with Crippen molar-refractivity contribution < 1.29 is 9.59 Å². The summed E-state index contributed by atoms with van der Waals surface area (Å²) in [6.07, 6.45) is 1.64. The molecule has 3 atom stereocenters. The number of anilines is 1. The Balaban J connectivity index is 1.55. The van der Waals surface area contributed by atoms with Crippen molar-refractivity contribution in [3.8, 4) is 6.07 Å². The maximum Gasteiger partial charge on any atom is 0.244 e. The maximum atomic E-state index is 14.4. The van der Waals surface area contributed by atoms with E-state index < -0.39 is 12.1 Å². The standard InChI is InChI=1S/C34H32N4O2/c35-23-24-18-20-27(21-19-24)31(33(39)29-17-10-22-36-29)38-34(40)32(37-28-15-8-3-9-16-28)30(25-11-4-1-5-12-25)26-13-6-2-7-14-26/h1-9,11-16,18-21,29-32,36-37H,10,17,22H2,(H,38,40)/t29-,31?,32+/m0/s1. The fourth-order valence-corrected chi connectivity index (χ4v) is 5.34. The lowest BCUT2D eigenvalue weighted by Gasteiger charge is -2.31. The molecule has 0 aliphatic carbocycles. The highest BCUT2D eigenvalue weighted by molar-refractivity contribution is 5.96. The van der Waals surface area contributed by atoms with Gasteiger partial charge in [-0.25, -0.2) is 0 Å². The van der Waals surface area contributed by atoms with E-state index in [2.05, 4.69) is 22.0 Å². The van der Waals surface area contributed by atoms with E-state index in [9.17, 15) is 14.9 Å². The van der Waals surface area contributed by atoms with Crippen LogP contribution in [0.15, 0.2) is 115 Å². The van der Waals surface area contributed by atoms with Crippen LogP contribution < -0.4 is 16.0 Å². The molecule has 200 valence electrons. The minimum Gasteiger partial charge on any atom is -0.373 e. The molecule has 1 heterocycles. The Kier molecular flexibility index (Phi) is 8.65. The molecule has 0 aromatic heterocycles. The lowest BCUT2D eigenvalue weighted by Crippen LogP contribution is -2.49. The number of nitrogens with one attached hydrogen (secondary N) is 3. The number of nitriles is 1. The summed E-state index contributed by atoms with van der Waals surface area (Å²) in [5.41, 5.74) is 3.92. The van der Waals surface area contributed by atoms with Gasteiger partial charge in [-0.1, -0.05) is 91.0 Å². The molecule has 4 aromatic carbocycles. The number of Topliss-reactive ketones (excluding diaryl/α,β-unsaturated/α-hetero) is 1. The van der Waals surface area contributed by atoms with E-state index in [0.717, 1.165) is 36.2 Å². The third-order valence-corrected chi connectivity index (χ3v) is 7.38. The number of rotatable bonds is 10. The molecule has 40 heavy (non-hydrogen) atoms. The summed E-state index contributed by atoms with van der Waals surface area (Å²) in [6.45, 7) is 0.771. The largest absolute Gasteiger partial charge is 0.373 e. The summed E-state index contributed by atoms with van der Waals surface area (Å²) >= 11 is 0. The molecule has 0 spiro atoms. The Hall–Kier alpha value is -4.73. The fraction of sp³-hybridized carbons (Fsp3) is 0.206. The number of carbonyl (C=O) groups excluding carboxylic acids is 2. The van der Waals surface area contributed by atoms with Crippen LogP contribution in [0.4, 0.5) is 5.69 Å². The Morgan fingerprint density at radius 2 is 1.35 bits per heavy atom. The molecule has 0 radical (unpaired) electrons. The highest BCUT2D eigenvalue weighted by Crippen LogP contribution is 2.31.